The van der Waals surface area contributed by atoms with Crippen molar-refractivity contribution in [2.75, 3.05) is 19.0 Å². The molecular weight excluding hydrogens is 194 g/mol. The van der Waals surface area contributed by atoms with Gasteiger partial charge < -0.3 is 15.2 Å². The Morgan fingerprint density at radius 1 is 1.67 bits per heavy atom. The van der Waals surface area contributed by atoms with Gasteiger partial charge in [0.05, 0.1) is 24.9 Å². The van der Waals surface area contributed by atoms with Crippen molar-refractivity contribution in [1.29, 1.82) is 0 Å². The van der Waals surface area contributed by atoms with Crippen LogP contribution in [0.4, 0.5) is 5.69 Å². The molecule has 0 bridgehead atoms. The van der Waals surface area contributed by atoms with Gasteiger partial charge in [-0.3, -0.25) is 0 Å². The lowest BCUT2D eigenvalue weighted by Crippen LogP contribution is -2.03. The number of aromatic carboxylic acids is 1. The highest BCUT2D eigenvalue weighted by Gasteiger charge is 2.07. The molecule has 0 fully saturated rings. The van der Waals surface area contributed by atoms with Crippen molar-refractivity contribution in [2.24, 2.45) is 0 Å². The van der Waals surface area contributed by atoms with Gasteiger partial charge in [-0.05, 0) is 18.2 Å². The van der Waals surface area contributed by atoms with Crippen LogP contribution in [-0.4, -0.2) is 24.7 Å². The third-order valence-corrected chi connectivity index (χ3v) is 1.83. The van der Waals surface area contributed by atoms with Gasteiger partial charge in [0.2, 0.25) is 0 Å². The second-order valence-electron chi connectivity index (χ2n) is 2.78. The van der Waals surface area contributed by atoms with Gasteiger partial charge in [-0.2, -0.15) is 0 Å². The van der Waals surface area contributed by atoms with Gasteiger partial charge in [-0.25, -0.2) is 4.79 Å². The lowest BCUT2D eigenvalue weighted by Gasteiger charge is -2.09. The van der Waals surface area contributed by atoms with Crippen LogP contribution in [0.2, 0.25) is 0 Å². The normalized spacial score (nSPS) is 9.07. The maximum Gasteiger partial charge on any atom is 0.335 e. The number of anilines is 1. The number of hydrogen-bond acceptors (Lipinski definition) is 3. The third kappa shape index (κ3) is 2.64. The molecule has 1 aromatic carbocycles. The molecule has 0 aliphatic heterocycles. The molecule has 0 spiro atoms. The number of carboxylic acids is 1. The highest BCUT2D eigenvalue weighted by molar-refractivity contribution is 5.89. The number of ether oxygens (including phenoxy) is 1. The maximum absolute atomic E-state index is 10.7. The van der Waals surface area contributed by atoms with E-state index in [-0.39, 0.29) is 5.56 Å². The first kappa shape index (κ1) is 10.9. The molecule has 4 heteroatoms. The molecule has 0 unspecified atom stereocenters. The van der Waals surface area contributed by atoms with Gasteiger partial charge in [0.15, 0.2) is 0 Å². The molecule has 1 rings (SSSR count). The molecule has 0 radical (unpaired) electrons. The van der Waals surface area contributed by atoms with Crippen LogP contribution in [0.5, 0.6) is 5.75 Å². The van der Waals surface area contributed by atoms with Crippen molar-refractivity contribution in [1.82, 2.24) is 0 Å². The highest BCUT2D eigenvalue weighted by Crippen LogP contribution is 2.25. The van der Waals surface area contributed by atoms with Gasteiger partial charge >= 0.3 is 5.97 Å². The molecule has 0 amide bonds. The molecule has 2 N–H and O–H groups in total. The smallest absolute Gasteiger partial charge is 0.335 e. The predicted molar refractivity (Wildman–Crippen MR) is 57.3 cm³/mol. The summed E-state index contributed by atoms with van der Waals surface area (Å²) >= 11 is 0. The Morgan fingerprint density at radius 3 is 2.93 bits per heavy atom. The Labute approximate surface area is 87.9 Å². The zero-order valence-electron chi connectivity index (χ0n) is 8.28. The van der Waals surface area contributed by atoms with Crippen LogP contribution in [0, 0.1) is 12.3 Å². The maximum atomic E-state index is 10.7. The van der Waals surface area contributed by atoms with E-state index in [0.29, 0.717) is 18.0 Å². The first-order chi connectivity index (χ1) is 7.19. The summed E-state index contributed by atoms with van der Waals surface area (Å²) in [5.74, 6) is 1.98. The number of benzene rings is 1. The Morgan fingerprint density at radius 2 is 2.40 bits per heavy atom. The van der Waals surface area contributed by atoms with Crippen molar-refractivity contribution >= 4 is 11.7 Å². The summed E-state index contributed by atoms with van der Waals surface area (Å²) in [6, 6.07) is 4.54. The first-order valence-corrected chi connectivity index (χ1v) is 4.27. The van der Waals surface area contributed by atoms with Gasteiger partial charge in [0.1, 0.15) is 5.75 Å². The number of rotatable bonds is 4. The minimum atomic E-state index is -0.985. The standard InChI is InChI=1S/C11H11NO3/c1-3-6-12-9-7-8(11(13)14)4-5-10(9)15-2/h1,4-5,7,12H,6H2,2H3,(H,13,14). The molecule has 0 aliphatic carbocycles. The number of carboxylic acid groups (broad SMARTS) is 1. The van der Waals surface area contributed by atoms with E-state index in [9.17, 15) is 4.79 Å². The van der Waals surface area contributed by atoms with E-state index < -0.39 is 5.97 Å². The van der Waals surface area contributed by atoms with E-state index in [2.05, 4.69) is 11.2 Å². The monoisotopic (exact) mass is 205 g/mol. The average Bonchev–Trinajstić information content (AvgIpc) is 2.25. The summed E-state index contributed by atoms with van der Waals surface area (Å²) in [5.41, 5.74) is 0.769. The summed E-state index contributed by atoms with van der Waals surface area (Å²) in [5, 5.41) is 11.7. The Kier molecular flexibility index (Phi) is 3.58. The fraction of sp³-hybridized carbons (Fsp3) is 0.182. The summed E-state index contributed by atoms with van der Waals surface area (Å²) in [6.07, 6.45) is 5.10. The van der Waals surface area contributed by atoms with E-state index in [1.165, 1.54) is 19.2 Å². The molecule has 0 atom stereocenters. The second kappa shape index (κ2) is 4.91. The lowest BCUT2D eigenvalue weighted by molar-refractivity contribution is 0.0697. The largest absolute Gasteiger partial charge is 0.495 e. The van der Waals surface area contributed by atoms with E-state index in [1.807, 2.05) is 0 Å². The van der Waals surface area contributed by atoms with Gasteiger partial charge in [0, 0.05) is 0 Å². The molecule has 78 valence electrons. The number of hydrogen-bond donors (Lipinski definition) is 2. The molecule has 1 aromatic rings. The topological polar surface area (TPSA) is 58.6 Å². The Balaban J connectivity index is 3.03. The average molecular weight is 205 g/mol. The van der Waals surface area contributed by atoms with Crippen LogP contribution in [0.1, 0.15) is 10.4 Å². The Bertz CT molecular complexity index is 407. The molecule has 0 aromatic heterocycles. The zero-order valence-corrected chi connectivity index (χ0v) is 8.28. The minimum Gasteiger partial charge on any atom is -0.495 e. The van der Waals surface area contributed by atoms with Crippen LogP contribution in [0.3, 0.4) is 0 Å². The zero-order chi connectivity index (χ0) is 11.3. The van der Waals surface area contributed by atoms with Crippen LogP contribution in [-0.2, 0) is 0 Å². The molecule has 15 heavy (non-hydrogen) atoms. The summed E-state index contributed by atoms with van der Waals surface area (Å²) < 4.78 is 5.05. The molecular formula is C11H11NO3. The first-order valence-electron chi connectivity index (χ1n) is 4.27. The van der Waals surface area contributed by atoms with Crippen molar-refractivity contribution in [3.8, 4) is 18.1 Å². The number of carbonyl (C=O) groups is 1. The number of methoxy groups -OCH3 is 1. The van der Waals surface area contributed by atoms with E-state index in [0.717, 1.165) is 0 Å². The fourth-order valence-corrected chi connectivity index (χ4v) is 1.13. The second-order valence-corrected chi connectivity index (χ2v) is 2.78. The molecule has 0 aliphatic rings. The summed E-state index contributed by atoms with van der Waals surface area (Å²) in [6.45, 7) is 0.319. The van der Waals surface area contributed by atoms with Crippen molar-refractivity contribution in [3.63, 3.8) is 0 Å². The van der Waals surface area contributed by atoms with E-state index >= 15 is 0 Å². The van der Waals surface area contributed by atoms with Gasteiger partial charge in [-0.15, -0.1) is 6.42 Å². The molecule has 0 saturated heterocycles. The molecule has 0 saturated carbocycles. The fourth-order valence-electron chi connectivity index (χ4n) is 1.13. The van der Waals surface area contributed by atoms with E-state index in [4.69, 9.17) is 16.3 Å². The van der Waals surface area contributed by atoms with Crippen LogP contribution >= 0.6 is 0 Å². The SMILES string of the molecule is C#CCNc1cc(C(=O)O)ccc1OC. The van der Waals surface area contributed by atoms with Gasteiger partial charge in [-0.1, -0.05) is 5.92 Å². The van der Waals surface area contributed by atoms with Crippen molar-refractivity contribution in [3.05, 3.63) is 23.8 Å². The predicted octanol–water partition coefficient (Wildman–Crippen LogP) is 1.44. The minimum absolute atomic E-state index is 0.190. The summed E-state index contributed by atoms with van der Waals surface area (Å²) in [4.78, 5) is 10.7. The van der Waals surface area contributed by atoms with Crippen LogP contribution < -0.4 is 10.1 Å². The lowest BCUT2D eigenvalue weighted by atomic mass is 10.2. The number of terminal acetylenes is 1. The van der Waals surface area contributed by atoms with E-state index in [1.54, 1.807) is 6.07 Å². The quantitative estimate of drug-likeness (QED) is 0.730. The summed E-state index contributed by atoms with van der Waals surface area (Å²) in [7, 11) is 1.51. The molecule has 4 nitrogen and oxygen atoms in total. The van der Waals surface area contributed by atoms with Gasteiger partial charge in [0.25, 0.3) is 0 Å². The van der Waals surface area contributed by atoms with Crippen LogP contribution in [0.25, 0.3) is 0 Å². The third-order valence-electron chi connectivity index (χ3n) is 1.83. The van der Waals surface area contributed by atoms with Crippen molar-refractivity contribution in [2.45, 2.75) is 0 Å². The number of nitrogens with one attached hydrogen (secondary N) is 1. The highest BCUT2D eigenvalue weighted by atomic mass is 16.5. The van der Waals surface area contributed by atoms with Crippen molar-refractivity contribution < 1.29 is 14.6 Å². The molecule has 0 heterocycles. The Hall–Kier alpha value is -2.15. The van der Waals surface area contributed by atoms with Crippen LogP contribution in [0.15, 0.2) is 18.2 Å².